The number of allylic oxidation sites excluding steroid dienone is 1. The van der Waals surface area contributed by atoms with Crippen molar-refractivity contribution in [2.24, 2.45) is 12.8 Å². The molecule has 0 unspecified atom stereocenters. The Labute approximate surface area is 160 Å². The lowest BCUT2D eigenvalue weighted by Gasteiger charge is -2.07. The van der Waals surface area contributed by atoms with Crippen molar-refractivity contribution in [2.45, 2.75) is 11.4 Å². The van der Waals surface area contributed by atoms with Crippen molar-refractivity contribution in [3.05, 3.63) is 53.0 Å². The SMILES string of the molecule is CNS(=O)(=O)c1cccc(-c2ncnc3c2n(C)c(=O)n3C/C(F)=C/CN)c1. The summed E-state index contributed by atoms with van der Waals surface area (Å²) in [5, 5.41) is 0. The number of nitrogens with zero attached hydrogens (tertiary/aromatic N) is 4. The largest absolute Gasteiger partial charge is 0.330 e. The minimum atomic E-state index is -3.65. The summed E-state index contributed by atoms with van der Waals surface area (Å²) in [6, 6.07) is 6.15. The first-order valence-electron chi connectivity index (χ1n) is 8.29. The lowest BCUT2D eigenvalue weighted by Crippen LogP contribution is -2.22. The molecule has 148 valence electrons. The van der Waals surface area contributed by atoms with Gasteiger partial charge in [-0.25, -0.2) is 32.3 Å². The van der Waals surface area contributed by atoms with Gasteiger partial charge in [0, 0.05) is 19.2 Å². The van der Waals surface area contributed by atoms with Crippen molar-refractivity contribution in [1.82, 2.24) is 23.8 Å². The number of nitrogens with two attached hydrogens (primary N) is 1. The summed E-state index contributed by atoms with van der Waals surface area (Å²) >= 11 is 0. The smallest absolute Gasteiger partial charge is 0.327 e. The second kappa shape index (κ2) is 7.62. The van der Waals surface area contributed by atoms with E-state index >= 15 is 0 Å². The molecular formula is C17H19FN6O3S. The predicted octanol–water partition coefficient (Wildman–Crippen LogP) is 0.517. The second-order valence-corrected chi connectivity index (χ2v) is 7.83. The maximum Gasteiger partial charge on any atom is 0.330 e. The molecule has 11 heteroatoms. The van der Waals surface area contributed by atoms with Crippen LogP contribution in [0.2, 0.25) is 0 Å². The number of aromatic nitrogens is 4. The van der Waals surface area contributed by atoms with Gasteiger partial charge in [0.2, 0.25) is 10.0 Å². The molecule has 28 heavy (non-hydrogen) atoms. The van der Waals surface area contributed by atoms with Crippen LogP contribution in [0.15, 0.2) is 52.2 Å². The van der Waals surface area contributed by atoms with Crippen molar-refractivity contribution in [2.75, 3.05) is 13.6 Å². The van der Waals surface area contributed by atoms with E-state index in [4.69, 9.17) is 5.73 Å². The maximum atomic E-state index is 13.9. The first kappa shape index (κ1) is 19.9. The molecule has 1 aromatic carbocycles. The lowest BCUT2D eigenvalue weighted by molar-refractivity contribution is 0.546. The average Bonchev–Trinajstić information content (AvgIpc) is 2.93. The topological polar surface area (TPSA) is 125 Å². The summed E-state index contributed by atoms with van der Waals surface area (Å²) in [6.07, 6.45) is 2.43. The van der Waals surface area contributed by atoms with Crippen LogP contribution in [0.1, 0.15) is 0 Å². The van der Waals surface area contributed by atoms with Crippen LogP contribution < -0.4 is 16.1 Å². The first-order valence-corrected chi connectivity index (χ1v) is 9.77. The highest BCUT2D eigenvalue weighted by Gasteiger charge is 2.19. The zero-order valence-corrected chi connectivity index (χ0v) is 16.1. The molecule has 2 aromatic heterocycles. The molecule has 0 amide bonds. The number of rotatable bonds is 6. The summed E-state index contributed by atoms with van der Waals surface area (Å²) in [4.78, 5) is 21.0. The molecule has 0 aliphatic rings. The van der Waals surface area contributed by atoms with Gasteiger partial charge < -0.3 is 5.73 Å². The zero-order valence-electron chi connectivity index (χ0n) is 15.3. The van der Waals surface area contributed by atoms with Gasteiger partial charge in [0.1, 0.15) is 17.7 Å². The Morgan fingerprint density at radius 1 is 1.36 bits per heavy atom. The van der Waals surface area contributed by atoms with E-state index in [2.05, 4.69) is 14.7 Å². The number of hydrogen-bond donors (Lipinski definition) is 2. The number of halogens is 1. The predicted molar refractivity (Wildman–Crippen MR) is 103 cm³/mol. The molecule has 0 bridgehead atoms. The number of aryl methyl sites for hydroxylation is 1. The van der Waals surface area contributed by atoms with Crippen LogP contribution in [0.5, 0.6) is 0 Å². The number of benzene rings is 1. The molecule has 0 aliphatic carbocycles. The summed E-state index contributed by atoms with van der Waals surface area (Å²) in [7, 11) is -0.815. The fourth-order valence-corrected chi connectivity index (χ4v) is 3.64. The van der Waals surface area contributed by atoms with Crippen LogP contribution in [0.25, 0.3) is 22.4 Å². The minimum absolute atomic E-state index is 0.0122. The van der Waals surface area contributed by atoms with E-state index in [9.17, 15) is 17.6 Å². The zero-order chi connectivity index (χ0) is 20.5. The Kier molecular flexibility index (Phi) is 5.40. The van der Waals surface area contributed by atoms with Crippen molar-refractivity contribution in [3.8, 4) is 11.3 Å². The maximum absolute atomic E-state index is 13.9. The van der Waals surface area contributed by atoms with E-state index in [1.807, 2.05) is 0 Å². The number of imidazole rings is 1. The third kappa shape index (κ3) is 3.46. The number of fused-ring (bicyclic) bond motifs is 1. The first-order chi connectivity index (χ1) is 13.3. The van der Waals surface area contributed by atoms with Gasteiger partial charge in [0.25, 0.3) is 0 Å². The highest BCUT2D eigenvalue weighted by atomic mass is 32.2. The molecule has 2 heterocycles. The van der Waals surface area contributed by atoms with Crippen molar-refractivity contribution in [3.63, 3.8) is 0 Å². The van der Waals surface area contributed by atoms with Gasteiger partial charge in [0.05, 0.1) is 17.1 Å². The highest BCUT2D eigenvalue weighted by molar-refractivity contribution is 7.89. The van der Waals surface area contributed by atoms with Crippen molar-refractivity contribution in [1.29, 1.82) is 0 Å². The Bertz CT molecular complexity index is 1230. The minimum Gasteiger partial charge on any atom is -0.327 e. The summed E-state index contributed by atoms with van der Waals surface area (Å²) in [5.41, 5.74) is 6.28. The summed E-state index contributed by atoms with van der Waals surface area (Å²) in [5.74, 6) is -0.556. The van der Waals surface area contributed by atoms with Crippen LogP contribution in [-0.2, 0) is 23.6 Å². The molecular weight excluding hydrogens is 387 g/mol. The molecule has 0 spiro atoms. The molecule has 3 rings (SSSR count). The Morgan fingerprint density at radius 3 is 2.79 bits per heavy atom. The van der Waals surface area contributed by atoms with Crippen LogP contribution in [-0.4, -0.2) is 41.1 Å². The van der Waals surface area contributed by atoms with E-state index in [1.165, 1.54) is 47.8 Å². The van der Waals surface area contributed by atoms with Crippen LogP contribution in [0, 0.1) is 0 Å². The standard InChI is InChI=1S/C17H19FN6O3S/c1-20-28(26,27)13-5-3-4-11(8-13)14-15-16(22-10-21-14)24(17(25)23(15)2)9-12(18)6-7-19/h3-6,8,10,20H,7,9,19H2,1-2H3/b12-6-. The monoisotopic (exact) mass is 406 g/mol. The van der Waals surface area contributed by atoms with Gasteiger partial charge in [-0.15, -0.1) is 0 Å². The number of nitrogens with one attached hydrogen (secondary N) is 1. The molecule has 0 fully saturated rings. The van der Waals surface area contributed by atoms with E-state index in [0.29, 0.717) is 16.8 Å². The average molecular weight is 406 g/mol. The molecule has 3 N–H and O–H groups in total. The lowest BCUT2D eigenvalue weighted by atomic mass is 10.1. The van der Waals surface area contributed by atoms with Gasteiger partial charge in [-0.1, -0.05) is 12.1 Å². The van der Waals surface area contributed by atoms with Gasteiger partial charge in [-0.2, -0.15) is 0 Å². The Balaban J connectivity index is 2.24. The number of hydrogen-bond acceptors (Lipinski definition) is 6. The molecule has 9 nitrogen and oxygen atoms in total. The van der Waals surface area contributed by atoms with Crippen LogP contribution in [0.4, 0.5) is 4.39 Å². The third-order valence-corrected chi connectivity index (χ3v) is 5.66. The Hall–Kier alpha value is -2.89. The molecule has 0 saturated carbocycles. The second-order valence-electron chi connectivity index (χ2n) is 5.94. The van der Waals surface area contributed by atoms with Gasteiger partial charge in [-0.3, -0.25) is 9.13 Å². The van der Waals surface area contributed by atoms with Gasteiger partial charge in [-0.05, 0) is 25.3 Å². The molecule has 0 atom stereocenters. The van der Waals surface area contributed by atoms with E-state index < -0.39 is 21.5 Å². The molecule has 0 radical (unpaired) electrons. The van der Waals surface area contributed by atoms with Gasteiger partial charge >= 0.3 is 5.69 Å². The van der Waals surface area contributed by atoms with Crippen molar-refractivity contribution < 1.29 is 12.8 Å². The van der Waals surface area contributed by atoms with E-state index in [0.717, 1.165) is 0 Å². The molecule has 0 saturated heterocycles. The molecule has 0 aliphatic heterocycles. The van der Waals surface area contributed by atoms with Crippen LogP contribution >= 0.6 is 0 Å². The van der Waals surface area contributed by atoms with Crippen LogP contribution in [0.3, 0.4) is 0 Å². The fraction of sp³-hybridized carbons (Fsp3) is 0.235. The quantitative estimate of drug-likeness (QED) is 0.615. The van der Waals surface area contributed by atoms with E-state index in [-0.39, 0.29) is 23.6 Å². The normalized spacial score (nSPS) is 12.6. The molecule has 3 aromatic rings. The summed E-state index contributed by atoms with van der Waals surface area (Å²) < 4.78 is 42.9. The third-order valence-electron chi connectivity index (χ3n) is 4.25. The van der Waals surface area contributed by atoms with Crippen molar-refractivity contribution >= 4 is 21.2 Å². The number of sulfonamides is 1. The summed E-state index contributed by atoms with van der Waals surface area (Å²) in [6.45, 7) is -0.295. The Morgan fingerprint density at radius 2 is 2.11 bits per heavy atom. The van der Waals surface area contributed by atoms with E-state index in [1.54, 1.807) is 12.1 Å². The fourth-order valence-electron chi connectivity index (χ4n) is 2.87. The van der Waals surface area contributed by atoms with Gasteiger partial charge in [0.15, 0.2) is 5.65 Å². The highest BCUT2D eigenvalue weighted by Crippen LogP contribution is 2.26.